The van der Waals surface area contributed by atoms with Crippen molar-refractivity contribution in [2.45, 2.75) is 93.6 Å². The summed E-state index contributed by atoms with van der Waals surface area (Å²) >= 11 is 1.68. The van der Waals surface area contributed by atoms with Crippen LogP contribution in [0.15, 0.2) is 25.3 Å². The number of rotatable bonds is 17. The Balaban J connectivity index is 1.90. The van der Waals surface area contributed by atoms with Gasteiger partial charge in [0.1, 0.15) is 6.04 Å². The largest absolute Gasteiger partial charge is 0.465 e. The van der Waals surface area contributed by atoms with Crippen molar-refractivity contribution in [3.8, 4) is 0 Å². The predicted octanol–water partition coefficient (Wildman–Crippen LogP) is 4.34. The summed E-state index contributed by atoms with van der Waals surface area (Å²) in [7, 11) is 0. The minimum absolute atomic E-state index is 0.0361. The Hall–Kier alpha value is -1.80. The predicted molar refractivity (Wildman–Crippen MR) is 148 cm³/mol. The zero-order valence-electron chi connectivity index (χ0n) is 22.8. The van der Waals surface area contributed by atoms with Gasteiger partial charge in [-0.15, -0.1) is 24.9 Å². The molecule has 208 valence electrons. The summed E-state index contributed by atoms with van der Waals surface area (Å²) in [6.07, 6.45) is 11.9. The second-order valence-electron chi connectivity index (χ2n) is 10.9. The van der Waals surface area contributed by atoms with Crippen LogP contribution in [0.1, 0.15) is 78.1 Å². The molecule has 0 radical (unpaired) electrons. The highest BCUT2D eigenvalue weighted by molar-refractivity contribution is 8.02. The molecule has 0 saturated carbocycles. The van der Waals surface area contributed by atoms with E-state index in [0.717, 1.165) is 51.4 Å². The Morgan fingerprint density at radius 3 is 2.62 bits per heavy atom. The van der Waals surface area contributed by atoms with Crippen molar-refractivity contribution in [3.05, 3.63) is 25.3 Å². The highest BCUT2D eigenvalue weighted by Gasteiger charge is 2.77. The number of carbonyl (C=O) groups excluding carboxylic acids is 3. The lowest BCUT2D eigenvalue weighted by atomic mass is 9.66. The molecule has 0 aliphatic carbocycles. The van der Waals surface area contributed by atoms with Gasteiger partial charge in [0.15, 0.2) is 0 Å². The third kappa shape index (κ3) is 5.95. The lowest BCUT2D eigenvalue weighted by Gasteiger charge is -2.37. The van der Waals surface area contributed by atoms with E-state index in [1.807, 2.05) is 11.0 Å². The number of aliphatic hydroxyl groups excluding tert-OH is 1. The number of thioether (sulfide) groups is 1. The first-order chi connectivity index (χ1) is 17.8. The molecule has 2 amide bonds. The molecule has 1 N–H and O–H groups in total. The highest BCUT2D eigenvalue weighted by Crippen LogP contribution is 2.71. The number of ether oxygens (including phenoxy) is 1. The van der Waals surface area contributed by atoms with E-state index in [9.17, 15) is 19.5 Å². The Morgan fingerprint density at radius 1 is 1.16 bits per heavy atom. The van der Waals surface area contributed by atoms with Gasteiger partial charge in [-0.2, -0.15) is 0 Å². The molecule has 3 aliphatic rings. The summed E-state index contributed by atoms with van der Waals surface area (Å²) < 4.78 is 4.68. The molecule has 3 heterocycles. The Morgan fingerprint density at radius 2 is 1.95 bits per heavy atom. The van der Waals surface area contributed by atoms with Crippen LogP contribution in [-0.2, 0) is 19.1 Å². The number of hydrogen-bond acceptors (Lipinski definition) is 6. The number of fused-ring (bicyclic) bond motifs is 1. The third-order valence-electron chi connectivity index (χ3n) is 8.31. The van der Waals surface area contributed by atoms with E-state index in [2.05, 4.69) is 27.0 Å². The van der Waals surface area contributed by atoms with Crippen LogP contribution in [0.4, 0.5) is 0 Å². The molecule has 3 rings (SSSR count). The molecule has 2 bridgehead atoms. The zero-order valence-corrected chi connectivity index (χ0v) is 23.6. The quantitative estimate of drug-likeness (QED) is 0.170. The van der Waals surface area contributed by atoms with Crippen molar-refractivity contribution in [2.24, 2.45) is 11.8 Å². The maximum atomic E-state index is 14.2. The average Bonchev–Trinajstić information content (AvgIpc) is 3.44. The lowest BCUT2D eigenvalue weighted by Crippen LogP contribution is -2.55. The Kier molecular flexibility index (Phi) is 10.7. The molecule has 0 aromatic heterocycles. The molecular formula is C29H46N2O5S. The summed E-state index contributed by atoms with van der Waals surface area (Å²) in [4.78, 5) is 45.3. The molecule has 2 unspecified atom stereocenters. The zero-order chi connectivity index (χ0) is 27.1. The highest BCUT2D eigenvalue weighted by atomic mass is 32.2. The fraction of sp³-hybridized carbons (Fsp3) is 0.759. The van der Waals surface area contributed by atoms with Gasteiger partial charge in [-0.3, -0.25) is 14.4 Å². The maximum Gasteiger partial charge on any atom is 0.311 e. The van der Waals surface area contributed by atoms with E-state index in [0.29, 0.717) is 39.1 Å². The third-order valence-corrected chi connectivity index (χ3v) is 10.3. The van der Waals surface area contributed by atoms with Gasteiger partial charge in [0.05, 0.1) is 23.2 Å². The van der Waals surface area contributed by atoms with Gasteiger partial charge in [0.2, 0.25) is 11.8 Å². The number of amides is 2. The van der Waals surface area contributed by atoms with Gasteiger partial charge in [0.25, 0.3) is 0 Å². The van der Waals surface area contributed by atoms with Crippen molar-refractivity contribution in [1.29, 1.82) is 0 Å². The second-order valence-corrected chi connectivity index (χ2v) is 12.8. The first-order valence-electron chi connectivity index (χ1n) is 14.1. The fourth-order valence-electron chi connectivity index (χ4n) is 6.52. The molecule has 5 atom stereocenters. The first-order valence-corrected chi connectivity index (χ1v) is 14.9. The summed E-state index contributed by atoms with van der Waals surface area (Å²) in [5.74, 6) is -1.55. The van der Waals surface area contributed by atoms with Gasteiger partial charge in [-0.1, -0.05) is 31.9 Å². The van der Waals surface area contributed by atoms with Gasteiger partial charge in [-0.05, 0) is 58.3 Å². The fourth-order valence-corrected chi connectivity index (χ4v) is 8.86. The summed E-state index contributed by atoms with van der Waals surface area (Å²) in [6, 6.07) is -0.609. The van der Waals surface area contributed by atoms with Gasteiger partial charge in [-0.25, -0.2) is 0 Å². The van der Waals surface area contributed by atoms with Crippen LogP contribution < -0.4 is 0 Å². The Labute approximate surface area is 227 Å². The SMILES string of the molecule is C=CCCCCOC(=O)[C@@H]1[C@H]2C(=O)N(CCCCO)C(C(=O)N(CC=C)CCCCC)C23CC[C@@]1(C)S3. The summed E-state index contributed by atoms with van der Waals surface area (Å²) in [5, 5.41) is 9.35. The van der Waals surface area contributed by atoms with E-state index in [4.69, 9.17) is 4.74 Å². The van der Waals surface area contributed by atoms with Crippen molar-refractivity contribution in [1.82, 2.24) is 9.80 Å². The van der Waals surface area contributed by atoms with E-state index in [1.54, 1.807) is 22.7 Å². The van der Waals surface area contributed by atoms with Crippen LogP contribution in [-0.4, -0.2) is 81.1 Å². The molecular weight excluding hydrogens is 488 g/mol. The summed E-state index contributed by atoms with van der Waals surface area (Å²) in [5.41, 5.74) is 0. The Bertz CT molecular complexity index is 850. The molecule has 1 spiro atoms. The van der Waals surface area contributed by atoms with Crippen LogP contribution in [0.25, 0.3) is 0 Å². The van der Waals surface area contributed by atoms with Gasteiger partial charge < -0.3 is 19.6 Å². The number of aliphatic hydroxyl groups is 1. The molecule has 0 aromatic rings. The number of allylic oxidation sites excluding steroid dienone is 1. The first kappa shape index (κ1) is 29.8. The number of likely N-dealkylation sites (tertiary alicyclic amines) is 1. The van der Waals surface area contributed by atoms with Crippen LogP contribution in [0.2, 0.25) is 0 Å². The molecule has 3 saturated heterocycles. The van der Waals surface area contributed by atoms with E-state index < -0.39 is 27.4 Å². The molecule has 7 nitrogen and oxygen atoms in total. The van der Waals surface area contributed by atoms with Crippen molar-refractivity contribution in [3.63, 3.8) is 0 Å². The average molecular weight is 535 g/mol. The van der Waals surface area contributed by atoms with Crippen LogP contribution in [0, 0.1) is 11.8 Å². The monoisotopic (exact) mass is 534 g/mol. The molecule has 37 heavy (non-hydrogen) atoms. The summed E-state index contributed by atoms with van der Waals surface area (Å²) in [6.45, 7) is 13.7. The minimum atomic E-state index is -0.626. The van der Waals surface area contributed by atoms with Crippen molar-refractivity contribution < 1.29 is 24.2 Å². The van der Waals surface area contributed by atoms with Gasteiger partial charge >= 0.3 is 5.97 Å². The number of hydrogen-bond donors (Lipinski definition) is 1. The smallest absolute Gasteiger partial charge is 0.311 e. The lowest BCUT2D eigenvalue weighted by molar-refractivity contribution is -0.155. The molecule has 3 aliphatic heterocycles. The number of carbonyl (C=O) groups is 3. The van der Waals surface area contributed by atoms with E-state index in [-0.39, 0.29) is 24.4 Å². The number of esters is 1. The molecule has 0 aromatic carbocycles. The number of nitrogens with zero attached hydrogens (tertiary/aromatic N) is 2. The van der Waals surface area contributed by atoms with E-state index in [1.165, 1.54) is 0 Å². The van der Waals surface area contributed by atoms with E-state index >= 15 is 0 Å². The molecule has 3 fully saturated rings. The van der Waals surface area contributed by atoms with Crippen LogP contribution in [0.5, 0.6) is 0 Å². The second kappa shape index (κ2) is 13.3. The van der Waals surface area contributed by atoms with Crippen LogP contribution >= 0.6 is 11.8 Å². The van der Waals surface area contributed by atoms with Crippen molar-refractivity contribution in [2.75, 3.05) is 32.8 Å². The minimum Gasteiger partial charge on any atom is -0.465 e. The van der Waals surface area contributed by atoms with Crippen molar-refractivity contribution >= 4 is 29.5 Å². The molecule has 8 heteroatoms. The van der Waals surface area contributed by atoms with Gasteiger partial charge in [0, 0.05) is 31.0 Å². The normalized spacial score (nSPS) is 29.9. The number of unbranched alkanes of at least 4 members (excludes halogenated alkanes) is 5. The topological polar surface area (TPSA) is 87.1 Å². The van der Waals surface area contributed by atoms with Crippen LogP contribution in [0.3, 0.4) is 0 Å². The maximum absolute atomic E-state index is 14.2. The standard InChI is InChI=1S/C29H46N2O5S/c1-5-8-10-14-21-36-27(35)23-22-25(33)31(19-12-13-20-32)24(29(22)16-15-28(23,4)37-29)26(34)30(17-7-3)18-11-9-6-2/h5,7,22-24,32H,1,3,6,8-21H2,2,4H3/t22-,23-,24?,28+,29?/m0/s1.